The molecule has 0 spiro atoms. The average molecular weight is 398 g/mol. The molecule has 2 aromatic carbocycles. The van der Waals surface area contributed by atoms with E-state index < -0.39 is 0 Å². The first-order valence-corrected chi connectivity index (χ1v) is 10.4. The van der Waals surface area contributed by atoms with Gasteiger partial charge in [0.05, 0.1) is 11.8 Å². The molecular weight excluding hydrogens is 370 g/mol. The largest absolute Gasteiger partial charge is 0.494 e. The fourth-order valence-electron chi connectivity index (χ4n) is 3.19. The quantitative estimate of drug-likeness (QED) is 0.557. The highest BCUT2D eigenvalue weighted by molar-refractivity contribution is 7.22. The maximum Gasteiger partial charge on any atom is 0.260 e. The van der Waals surface area contributed by atoms with Crippen LogP contribution in [0, 0.1) is 6.92 Å². The molecule has 1 amide bonds. The van der Waals surface area contributed by atoms with Crippen LogP contribution in [0.2, 0.25) is 0 Å². The second-order valence-electron chi connectivity index (χ2n) is 6.66. The van der Waals surface area contributed by atoms with Crippen LogP contribution in [0.3, 0.4) is 0 Å². The molecule has 0 aliphatic carbocycles. The standard InChI is InChI=1S/C22H27N3O2S/c1-5-24(6-2)13-14-25(21(26)17-10-7-9-16(3)15-17)22-23-20-18(27-4)11-8-12-19(20)28-22/h7-12,15H,5-6,13-14H2,1-4H3. The molecule has 1 heterocycles. The summed E-state index contributed by atoms with van der Waals surface area (Å²) in [6.45, 7) is 9.58. The van der Waals surface area contributed by atoms with E-state index >= 15 is 0 Å². The number of carbonyl (C=O) groups is 1. The lowest BCUT2D eigenvalue weighted by Gasteiger charge is -2.24. The molecule has 6 heteroatoms. The van der Waals surface area contributed by atoms with Crippen molar-refractivity contribution in [1.82, 2.24) is 9.88 Å². The normalized spacial score (nSPS) is 11.2. The van der Waals surface area contributed by atoms with Gasteiger partial charge in [-0.25, -0.2) is 4.98 Å². The van der Waals surface area contributed by atoms with Crippen molar-refractivity contribution in [3.05, 3.63) is 53.6 Å². The first-order valence-electron chi connectivity index (χ1n) is 9.61. The summed E-state index contributed by atoms with van der Waals surface area (Å²) < 4.78 is 6.46. The number of benzene rings is 2. The third kappa shape index (κ3) is 4.34. The molecule has 148 valence electrons. The molecule has 5 nitrogen and oxygen atoms in total. The Balaban J connectivity index is 1.99. The highest BCUT2D eigenvalue weighted by Crippen LogP contribution is 2.34. The number of para-hydroxylation sites is 1. The third-order valence-electron chi connectivity index (χ3n) is 4.87. The molecule has 0 fully saturated rings. The van der Waals surface area contributed by atoms with Crippen molar-refractivity contribution in [2.24, 2.45) is 0 Å². The molecule has 0 bridgehead atoms. The first kappa shape index (κ1) is 20.3. The van der Waals surface area contributed by atoms with Gasteiger partial charge in [0, 0.05) is 18.7 Å². The molecule has 0 aliphatic heterocycles. The number of carbonyl (C=O) groups excluding carboxylic acids is 1. The van der Waals surface area contributed by atoms with Crippen molar-refractivity contribution >= 4 is 32.6 Å². The van der Waals surface area contributed by atoms with E-state index in [9.17, 15) is 4.79 Å². The van der Waals surface area contributed by atoms with Gasteiger partial charge in [0.15, 0.2) is 5.13 Å². The van der Waals surface area contributed by atoms with Gasteiger partial charge in [0.1, 0.15) is 11.3 Å². The van der Waals surface area contributed by atoms with Gasteiger partial charge in [-0.1, -0.05) is 48.9 Å². The number of thiazole rings is 1. The second-order valence-corrected chi connectivity index (χ2v) is 7.67. The van der Waals surface area contributed by atoms with Crippen LogP contribution in [0.5, 0.6) is 5.75 Å². The van der Waals surface area contributed by atoms with E-state index in [2.05, 4.69) is 18.7 Å². The number of methoxy groups -OCH3 is 1. The molecule has 0 saturated carbocycles. The monoisotopic (exact) mass is 397 g/mol. The van der Waals surface area contributed by atoms with Gasteiger partial charge in [0.25, 0.3) is 5.91 Å². The summed E-state index contributed by atoms with van der Waals surface area (Å²) in [6, 6.07) is 13.6. The van der Waals surface area contributed by atoms with E-state index in [4.69, 9.17) is 9.72 Å². The molecule has 1 aromatic heterocycles. The highest BCUT2D eigenvalue weighted by atomic mass is 32.1. The number of hydrogen-bond acceptors (Lipinski definition) is 5. The predicted molar refractivity (Wildman–Crippen MR) is 117 cm³/mol. The number of likely N-dealkylation sites (N-methyl/N-ethyl adjacent to an activating group) is 1. The molecule has 28 heavy (non-hydrogen) atoms. The Morgan fingerprint density at radius 3 is 2.54 bits per heavy atom. The van der Waals surface area contributed by atoms with Crippen LogP contribution in [0.25, 0.3) is 10.2 Å². The molecule has 0 atom stereocenters. The SMILES string of the molecule is CCN(CC)CCN(C(=O)c1cccc(C)c1)c1nc2c(OC)cccc2s1. The van der Waals surface area contributed by atoms with Crippen molar-refractivity contribution in [1.29, 1.82) is 0 Å². The number of nitrogens with zero attached hydrogens (tertiary/aromatic N) is 3. The molecule has 0 N–H and O–H groups in total. The molecule has 0 unspecified atom stereocenters. The summed E-state index contributed by atoms with van der Waals surface area (Å²) in [6.07, 6.45) is 0. The highest BCUT2D eigenvalue weighted by Gasteiger charge is 2.22. The number of aryl methyl sites for hydroxylation is 1. The van der Waals surface area contributed by atoms with E-state index in [0.717, 1.165) is 41.2 Å². The summed E-state index contributed by atoms with van der Waals surface area (Å²) in [4.78, 5) is 22.2. The molecule has 0 saturated heterocycles. The zero-order chi connectivity index (χ0) is 20.1. The van der Waals surface area contributed by atoms with Crippen LogP contribution >= 0.6 is 11.3 Å². The van der Waals surface area contributed by atoms with Gasteiger partial charge in [-0.2, -0.15) is 0 Å². The van der Waals surface area contributed by atoms with Gasteiger partial charge in [-0.15, -0.1) is 0 Å². The minimum absolute atomic E-state index is 0.0196. The van der Waals surface area contributed by atoms with E-state index in [1.807, 2.05) is 49.4 Å². The number of fused-ring (bicyclic) bond motifs is 1. The van der Waals surface area contributed by atoms with Gasteiger partial charge in [-0.3, -0.25) is 9.69 Å². The van der Waals surface area contributed by atoms with Crippen LogP contribution in [-0.4, -0.2) is 49.1 Å². The van der Waals surface area contributed by atoms with Crippen LogP contribution in [-0.2, 0) is 0 Å². The van der Waals surface area contributed by atoms with Gasteiger partial charge in [-0.05, 0) is 44.3 Å². The Kier molecular flexibility index (Phi) is 6.65. The third-order valence-corrected chi connectivity index (χ3v) is 5.91. The van der Waals surface area contributed by atoms with Crippen LogP contribution < -0.4 is 9.64 Å². The maximum absolute atomic E-state index is 13.4. The Morgan fingerprint density at radius 1 is 1.11 bits per heavy atom. The Hall–Kier alpha value is -2.44. The first-order chi connectivity index (χ1) is 13.6. The summed E-state index contributed by atoms with van der Waals surface area (Å²) >= 11 is 1.52. The van der Waals surface area contributed by atoms with E-state index in [1.54, 1.807) is 12.0 Å². The zero-order valence-corrected chi connectivity index (χ0v) is 17.8. The maximum atomic E-state index is 13.4. The fraction of sp³-hybridized carbons (Fsp3) is 0.364. The number of amides is 1. The number of ether oxygens (including phenoxy) is 1. The number of rotatable bonds is 8. The number of aromatic nitrogens is 1. The molecular formula is C22H27N3O2S. The van der Waals surface area contributed by atoms with Crippen molar-refractivity contribution in [3.63, 3.8) is 0 Å². The topological polar surface area (TPSA) is 45.7 Å². The minimum atomic E-state index is -0.0196. The summed E-state index contributed by atoms with van der Waals surface area (Å²) in [5.74, 6) is 0.709. The van der Waals surface area contributed by atoms with Crippen molar-refractivity contribution in [2.45, 2.75) is 20.8 Å². The average Bonchev–Trinajstić information content (AvgIpc) is 3.14. The fourth-order valence-corrected chi connectivity index (χ4v) is 4.20. The van der Waals surface area contributed by atoms with Crippen molar-refractivity contribution < 1.29 is 9.53 Å². The molecule has 0 aliphatic rings. The predicted octanol–water partition coefficient (Wildman–Crippen LogP) is 4.60. The van der Waals surface area contributed by atoms with Crippen LogP contribution in [0.1, 0.15) is 29.8 Å². The Labute approximate surface area is 170 Å². The number of hydrogen-bond donors (Lipinski definition) is 0. The molecule has 3 aromatic rings. The minimum Gasteiger partial charge on any atom is -0.494 e. The lowest BCUT2D eigenvalue weighted by Crippen LogP contribution is -2.38. The summed E-state index contributed by atoms with van der Waals surface area (Å²) in [5, 5.41) is 0.707. The van der Waals surface area contributed by atoms with Gasteiger partial charge >= 0.3 is 0 Å². The second kappa shape index (κ2) is 9.17. The summed E-state index contributed by atoms with van der Waals surface area (Å²) in [7, 11) is 1.64. The van der Waals surface area contributed by atoms with E-state index in [1.165, 1.54) is 11.3 Å². The molecule has 0 radical (unpaired) electrons. The van der Waals surface area contributed by atoms with Crippen molar-refractivity contribution in [2.75, 3.05) is 38.2 Å². The van der Waals surface area contributed by atoms with Gasteiger partial charge in [0.2, 0.25) is 0 Å². The lowest BCUT2D eigenvalue weighted by molar-refractivity contribution is 0.0983. The van der Waals surface area contributed by atoms with E-state index in [-0.39, 0.29) is 5.91 Å². The van der Waals surface area contributed by atoms with Gasteiger partial charge < -0.3 is 9.64 Å². The summed E-state index contributed by atoms with van der Waals surface area (Å²) in [5.41, 5.74) is 2.56. The van der Waals surface area contributed by atoms with Crippen LogP contribution in [0.4, 0.5) is 5.13 Å². The Morgan fingerprint density at radius 2 is 1.86 bits per heavy atom. The Bertz CT molecular complexity index is 950. The molecule has 3 rings (SSSR count). The smallest absolute Gasteiger partial charge is 0.260 e. The van der Waals surface area contributed by atoms with E-state index in [0.29, 0.717) is 17.2 Å². The number of anilines is 1. The van der Waals surface area contributed by atoms with Crippen LogP contribution in [0.15, 0.2) is 42.5 Å². The lowest BCUT2D eigenvalue weighted by atomic mass is 10.1. The van der Waals surface area contributed by atoms with Crippen molar-refractivity contribution in [3.8, 4) is 5.75 Å². The zero-order valence-electron chi connectivity index (χ0n) is 16.9.